The third-order valence-electron chi connectivity index (χ3n) is 5.65. The van der Waals surface area contributed by atoms with Crippen molar-refractivity contribution in [2.45, 2.75) is 58.5 Å². The first-order valence-electron chi connectivity index (χ1n) is 10.7. The van der Waals surface area contributed by atoms with Crippen LogP contribution in [0.3, 0.4) is 0 Å². The lowest BCUT2D eigenvalue weighted by atomic mass is 10.1. The van der Waals surface area contributed by atoms with Crippen molar-refractivity contribution in [1.82, 2.24) is 15.2 Å². The highest BCUT2D eigenvalue weighted by Crippen LogP contribution is 2.19. The van der Waals surface area contributed by atoms with E-state index in [-0.39, 0.29) is 11.9 Å². The molecule has 2 aromatic rings. The molecule has 2 heterocycles. The minimum absolute atomic E-state index is 0.200. The van der Waals surface area contributed by atoms with E-state index in [1.807, 2.05) is 29.2 Å². The van der Waals surface area contributed by atoms with Crippen LogP contribution >= 0.6 is 0 Å². The number of hydrogen-bond acceptors (Lipinski definition) is 4. The molecule has 0 bridgehead atoms. The molecular formula is C24H33N3O2. The minimum Gasteiger partial charge on any atom is -0.494 e. The number of aromatic nitrogens is 1. The molecule has 0 saturated carbocycles. The molecule has 156 valence electrons. The molecule has 1 aliphatic heterocycles. The average molecular weight is 396 g/mol. The zero-order valence-corrected chi connectivity index (χ0v) is 17.7. The number of ether oxygens (including phenoxy) is 1. The predicted octanol–water partition coefficient (Wildman–Crippen LogP) is 4.03. The van der Waals surface area contributed by atoms with Gasteiger partial charge in [-0.3, -0.25) is 9.78 Å². The maximum absolute atomic E-state index is 13.1. The summed E-state index contributed by atoms with van der Waals surface area (Å²) >= 11 is 0. The van der Waals surface area contributed by atoms with Gasteiger partial charge >= 0.3 is 0 Å². The Morgan fingerprint density at radius 1 is 1.17 bits per heavy atom. The molecule has 1 unspecified atom stereocenters. The number of amides is 1. The standard InChI is InChI=1S/C24H33N3O2/c1-19-10-11-23(17-20(19)2)29-16-6-9-24(28)27(18-21-7-3-4-14-26-21)22-8-5-13-25-15-12-22/h3-4,7,10-11,14,17,22,25H,5-6,8-9,12-13,15-16,18H2,1-2H3. The van der Waals surface area contributed by atoms with Gasteiger partial charge in [-0.25, -0.2) is 0 Å². The number of nitrogens with one attached hydrogen (secondary N) is 1. The molecule has 1 saturated heterocycles. The Balaban J connectivity index is 1.55. The monoisotopic (exact) mass is 395 g/mol. The van der Waals surface area contributed by atoms with Crippen LogP contribution in [0.5, 0.6) is 5.75 Å². The lowest BCUT2D eigenvalue weighted by Crippen LogP contribution is -2.40. The van der Waals surface area contributed by atoms with E-state index < -0.39 is 0 Å². The molecule has 1 fully saturated rings. The number of benzene rings is 1. The second-order valence-corrected chi connectivity index (χ2v) is 7.88. The van der Waals surface area contributed by atoms with Crippen molar-refractivity contribution in [2.24, 2.45) is 0 Å². The van der Waals surface area contributed by atoms with Gasteiger partial charge in [-0.15, -0.1) is 0 Å². The smallest absolute Gasteiger partial charge is 0.223 e. The molecule has 1 aromatic heterocycles. The molecular weight excluding hydrogens is 362 g/mol. The topological polar surface area (TPSA) is 54.5 Å². The highest BCUT2D eigenvalue weighted by molar-refractivity contribution is 5.76. The second-order valence-electron chi connectivity index (χ2n) is 7.88. The molecule has 0 aliphatic carbocycles. The molecule has 1 aliphatic rings. The van der Waals surface area contributed by atoms with Crippen LogP contribution < -0.4 is 10.1 Å². The van der Waals surface area contributed by atoms with E-state index in [2.05, 4.69) is 36.3 Å². The SMILES string of the molecule is Cc1ccc(OCCCC(=O)N(Cc2ccccn2)C2CCCNCC2)cc1C. The van der Waals surface area contributed by atoms with Gasteiger partial charge < -0.3 is 15.0 Å². The molecule has 1 atom stereocenters. The Morgan fingerprint density at radius 2 is 2.07 bits per heavy atom. The molecule has 1 N–H and O–H groups in total. The van der Waals surface area contributed by atoms with Crippen molar-refractivity contribution >= 4 is 5.91 Å². The fraction of sp³-hybridized carbons (Fsp3) is 0.500. The summed E-state index contributed by atoms with van der Waals surface area (Å²) in [5, 5.41) is 3.44. The van der Waals surface area contributed by atoms with Gasteiger partial charge in [0.2, 0.25) is 5.91 Å². The van der Waals surface area contributed by atoms with Gasteiger partial charge in [0, 0.05) is 18.7 Å². The highest BCUT2D eigenvalue weighted by atomic mass is 16.5. The third-order valence-corrected chi connectivity index (χ3v) is 5.65. The Morgan fingerprint density at radius 3 is 2.86 bits per heavy atom. The molecule has 1 amide bonds. The first-order chi connectivity index (χ1) is 14.1. The second kappa shape index (κ2) is 11.0. The summed E-state index contributed by atoms with van der Waals surface area (Å²) in [5.74, 6) is 1.08. The van der Waals surface area contributed by atoms with Crippen molar-refractivity contribution < 1.29 is 9.53 Å². The number of carbonyl (C=O) groups excluding carboxylic acids is 1. The van der Waals surface area contributed by atoms with Crippen molar-refractivity contribution in [1.29, 1.82) is 0 Å². The molecule has 5 nitrogen and oxygen atoms in total. The van der Waals surface area contributed by atoms with Gasteiger partial charge in [0.25, 0.3) is 0 Å². The van der Waals surface area contributed by atoms with Crippen molar-refractivity contribution in [3.63, 3.8) is 0 Å². The molecule has 1 aromatic carbocycles. The van der Waals surface area contributed by atoms with Gasteiger partial charge in [-0.1, -0.05) is 12.1 Å². The van der Waals surface area contributed by atoms with E-state index in [4.69, 9.17) is 4.74 Å². The highest BCUT2D eigenvalue weighted by Gasteiger charge is 2.24. The summed E-state index contributed by atoms with van der Waals surface area (Å²) in [6.07, 6.45) is 6.16. The van der Waals surface area contributed by atoms with Crippen LogP contribution in [0, 0.1) is 13.8 Å². The summed E-state index contributed by atoms with van der Waals surface area (Å²) in [5.41, 5.74) is 3.43. The van der Waals surface area contributed by atoms with Gasteiger partial charge in [-0.05, 0) is 88.0 Å². The third kappa shape index (κ3) is 6.57. The van der Waals surface area contributed by atoms with E-state index in [1.54, 1.807) is 6.20 Å². The normalized spacial score (nSPS) is 16.8. The Kier molecular flexibility index (Phi) is 8.05. The van der Waals surface area contributed by atoms with Crippen molar-refractivity contribution in [3.8, 4) is 5.75 Å². The lowest BCUT2D eigenvalue weighted by molar-refractivity contribution is -0.134. The van der Waals surface area contributed by atoms with Gasteiger partial charge in [-0.2, -0.15) is 0 Å². The van der Waals surface area contributed by atoms with Crippen molar-refractivity contribution in [3.05, 3.63) is 59.4 Å². The Bertz CT molecular complexity index is 771. The van der Waals surface area contributed by atoms with E-state index in [9.17, 15) is 4.79 Å². The molecule has 3 rings (SSSR count). The molecule has 0 radical (unpaired) electrons. The number of carbonyl (C=O) groups is 1. The van der Waals surface area contributed by atoms with E-state index >= 15 is 0 Å². The number of aryl methyl sites for hydroxylation is 2. The van der Waals surface area contributed by atoms with Gasteiger partial charge in [0.05, 0.1) is 18.8 Å². The number of hydrogen-bond donors (Lipinski definition) is 1. The summed E-state index contributed by atoms with van der Waals surface area (Å²) in [7, 11) is 0. The van der Waals surface area contributed by atoms with Crippen LogP contribution in [-0.2, 0) is 11.3 Å². The van der Waals surface area contributed by atoms with Crippen LogP contribution in [-0.4, -0.2) is 41.5 Å². The quantitative estimate of drug-likeness (QED) is 0.686. The predicted molar refractivity (Wildman–Crippen MR) is 116 cm³/mol. The Hall–Kier alpha value is -2.40. The fourth-order valence-electron chi connectivity index (χ4n) is 3.76. The van der Waals surface area contributed by atoms with Gasteiger partial charge in [0.1, 0.15) is 5.75 Å². The molecule has 5 heteroatoms. The summed E-state index contributed by atoms with van der Waals surface area (Å²) < 4.78 is 5.86. The lowest BCUT2D eigenvalue weighted by Gasteiger charge is -2.31. The molecule has 29 heavy (non-hydrogen) atoms. The summed E-state index contributed by atoms with van der Waals surface area (Å²) in [6.45, 7) is 7.32. The maximum atomic E-state index is 13.1. The number of pyridine rings is 1. The first-order valence-corrected chi connectivity index (χ1v) is 10.7. The summed E-state index contributed by atoms with van der Waals surface area (Å²) in [4.78, 5) is 19.6. The van der Waals surface area contributed by atoms with E-state index in [0.717, 1.165) is 50.2 Å². The fourth-order valence-corrected chi connectivity index (χ4v) is 3.76. The van der Waals surface area contributed by atoms with Crippen LogP contribution in [0.1, 0.15) is 48.9 Å². The van der Waals surface area contributed by atoms with Crippen LogP contribution in [0.4, 0.5) is 0 Å². The zero-order valence-electron chi connectivity index (χ0n) is 17.7. The average Bonchev–Trinajstić information content (AvgIpc) is 3.02. The first kappa shape index (κ1) is 21.3. The number of nitrogens with zero attached hydrogens (tertiary/aromatic N) is 2. The van der Waals surface area contributed by atoms with Crippen LogP contribution in [0.15, 0.2) is 42.6 Å². The minimum atomic E-state index is 0.200. The van der Waals surface area contributed by atoms with Crippen molar-refractivity contribution in [2.75, 3.05) is 19.7 Å². The van der Waals surface area contributed by atoms with E-state index in [0.29, 0.717) is 19.6 Å². The van der Waals surface area contributed by atoms with Crippen LogP contribution in [0.2, 0.25) is 0 Å². The largest absolute Gasteiger partial charge is 0.494 e. The van der Waals surface area contributed by atoms with E-state index in [1.165, 1.54) is 11.1 Å². The Labute approximate surface area is 174 Å². The van der Waals surface area contributed by atoms with Gasteiger partial charge in [0.15, 0.2) is 0 Å². The van der Waals surface area contributed by atoms with Crippen LogP contribution in [0.25, 0.3) is 0 Å². The number of rotatable bonds is 8. The maximum Gasteiger partial charge on any atom is 0.223 e. The molecule has 0 spiro atoms. The zero-order chi connectivity index (χ0) is 20.5. The summed E-state index contributed by atoms with van der Waals surface area (Å²) in [6, 6.07) is 12.3.